The Labute approximate surface area is 105 Å². The number of nitrogens with two attached hydrogens (primary N) is 1. The molecule has 1 atom stereocenters. The molecule has 98 valence electrons. The van der Waals surface area contributed by atoms with Crippen LogP contribution in [-0.4, -0.2) is 43.4 Å². The molecular weight excluding hydrogens is 236 g/mol. The van der Waals surface area contributed by atoms with Crippen LogP contribution in [0.1, 0.15) is 10.5 Å². The summed E-state index contributed by atoms with van der Waals surface area (Å²) in [5.74, 6) is 4.97. The topological polar surface area (TPSA) is 98.5 Å². The van der Waals surface area contributed by atoms with E-state index in [0.29, 0.717) is 37.7 Å². The van der Waals surface area contributed by atoms with E-state index in [9.17, 15) is 4.79 Å². The average Bonchev–Trinajstić information content (AvgIpc) is 2.46. The first-order valence-corrected chi connectivity index (χ1v) is 5.70. The monoisotopic (exact) mass is 252 g/mol. The molecule has 1 unspecified atom stereocenters. The fourth-order valence-electron chi connectivity index (χ4n) is 1.57. The van der Waals surface area contributed by atoms with Crippen molar-refractivity contribution in [2.24, 2.45) is 5.84 Å². The number of hydrogen-bond acceptors (Lipinski definition) is 6. The number of amides is 1. The third-order valence-electron chi connectivity index (χ3n) is 2.54. The first-order valence-electron chi connectivity index (χ1n) is 5.70. The van der Waals surface area contributed by atoms with E-state index in [2.05, 4.69) is 15.7 Å². The smallest absolute Gasteiger partial charge is 0.269 e. The number of hydrazine groups is 1. The highest BCUT2D eigenvalue weighted by Gasteiger charge is 2.16. The van der Waals surface area contributed by atoms with Crippen molar-refractivity contribution >= 4 is 11.6 Å². The lowest BCUT2D eigenvalue weighted by Gasteiger charge is -2.22. The Morgan fingerprint density at radius 2 is 2.39 bits per heavy atom. The summed E-state index contributed by atoms with van der Waals surface area (Å²) in [4.78, 5) is 15.8. The molecule has 1 aliphatic heterocycles. The lowest BCUT2D eigenvalue weighted by atomic mass is 10.3. The van der Waals surface area contributed by atoms with Crippen LogP contribution in [-0.2, 0) is 9.47 Å². The van der Waals surface area contributed by atoms with Crippen LogP contribution in [0.15, 0.2) is 18.3 Å². The van der Waals surface area contributed by atoms with Gasteiger partial charge in [0.2, 0.25) is 0 Å². The van der Waals surface area contributed by atoms with E-state index >= 15 is 0 Å². The van der Waals surface area contributed by atoms with E-state index in [-0.39, 0.29) is 12.0 Å². The summed E-state index contributed by atoms with van der Waals surface area (Å²) in [6, 6.07) is 3.28. The zero-order valence-electron chi connectivity index (χ0n) is 9.89. The molecule has 1 fully saturated rings. The van der Waals surface area contributed by atoms with Gasteiger partial charge in [-0.1, -0.05) is 0 Å². The Balaban J connectivity index is 1.82. The van der Waals surface area contributed by atoms with E-state index in [1.54, 1.807) is 12.1 Å². The molecule has 7 nitrogen and oxygen atoms in total. The summed E-state index contributed by atoms with van der Waals surface area (Å²) in [5, 5.41) is 2.75. The molecule has 1 saturated heterocycles. The van der Waals surface area contributed by atoms with Crippen molar-refractivity contribution in [1.82, 2.24) is 10.3 Å². The van der Waals surface area contributed by atoms with E-state index < -0.39 is 0 Å². The van der Waals surface area contributed by atoms with Crippen LogP contribution in [0.4, 0.5) is 5.69 Å². The van der Waals surface area contributed by atoms with E-state index in [1.807, 2.05) is 0 Å². The van der Waals surface area contributed by atoms with Gasteiger partial charge in [-0.25, -0.2) is 4.98 Å². The standard InChI is InChI=1S/C11H16N4O3/c12-15-8-1-2-10(13-5-8)11(16)14-6-9-7-17-3-4-18-9/h1-2,5,9,15H,3-4,6-7,12H2,(H,14,16). The average molecular weight is 252 g/mol. The van der Waals surface area contributed by atoms with Crippen LogP contribution in [0.2, 0.25) is 0 Å². The van der Waals surface area contributed by atoms with Crippen LogP contribution < -0.4 is 16.6 Å². The SMILES string of the molecule is NNc1ccc(C(=O)NCC2COCCO2)nc1. The Bertz CT molecular complexity index is 390. The van der Waals surface area contributed by atoms with Crippen LogP contribution >= 0.6 is 0 Å². The van der Waals surface area contributed by atoms with Gasteiger partial charge < -0.3 is 20.2 Å². The van der Waals surface area contributed by atoms with Gasteiger partial charge in [-0.3, -0.25) is 10.6 Å². The van der Waals surface area contributed by atoms with Gasteiger partial charge in [-0.2, -0.15) is 0 Å². The first kappa shape index (κ1) is 12.7. The Kier molecular flexibility index (Phi) is 4.46. The maximum absolute atomic E-state index is 11.8. The third kappa shape index (κ3) is 3.39. The number of anilines is 1. The highest BCUT2D eigenvalue weighted by molar-refractivity contribution is 5.92. The molecule has 0 aromatic carbocycles. The number of ether oxygens (including phenoxy) is 2. The Hall–Kier alpha value is -1.70. The second-order valence-electron chi connectivity index (χ2n) is 3.85. The molecule has 0 spiro atoms. The number of carbonyl (C=O) groups is 1. The largest absolute Gasteiger partial charge is 0.376 e. The van der Waals surface area contributed by atoms with Crippen molar-refractivity contribution in [3.05, 3.63) is 24.0 Å². The highest BCUT2D eigenvalue weighted by Crippen LogP contribution is 2.04. The number of carbonyl (C=O) groups excluding carboxylic acids is 1. The molecule has 18 heavy (non-hydrogen) atoms. The Morgan fingerprint density at radius 1 is 1.50 bits per heavy atom. The zero-order chi connectivity index (χ0) is 12.8. The minimum Gasteiger partial charge on any atom is -0.376 e. The predicted octanol–water partition coefficient (Wildman–Crippen LogP) is -0.488. The maximum atomic E-state index is 11.8. The number of nitrogen functional groups attached to an aromatic ring is 1. The highest BCUT2D eigenvalue weighted by atomic mass is 16.6. The molecule has 0 saturated carbocycles. The molecular formula is C11H16N4O3. The number of aromatic nitrogens is 1. The van der Waals surface area contributed by atoms with Gasteiger partial charge in [0.25, 0.3) is 5.91 Å². The van der Waals surface area contributed by atoms with E-state index in [1.165, 1.54) is 6.20 Å². The fourth-order valence-corrected chi connectivity index (χ4v) is 1.57. The number of nitrogens with one attached hydrogen (secondary N) is 2. The molecule has 7 heteroatoms. The summed E-state index contributed by atoms with van der Waals surface area (Å²) in [7, 11) is 0. The molecule has 1 aromatic heterocycles. The van der Waals surface area contributed by atoms with Crippen LogP contribution in [0.5, 0.6) is 0 Å². The van der Waals surface area contributed by atoms with E-state index in [4.69, 9.17) is 15.3 Å². The molecule has 2 heterocycles. The Morgan fingerprint density at radius 3 is 3.00 bits per heavy atom. The van der Waals surface area contributed by atoms with Crippen molar-refractivity contribution in [3.8, 4) is 0 Å². The molecule has 4 N–H and O–H groups in total. The van der Waals surface area contributed by atoms with Gasteiger partial charge in [0.05, 0.1) is 37.8 Å². The van der Waals surface area contributed by atoms with Gasteiger partial charge in [0, 0.05) is 6.54 Å². The lowest BCUT2D eigenvalue weighted by molar-refractivity contribution is -0.0855. The summed E-state index contributed by atoms with van der Waals surface area (Å²) >= 11 is 0. The minimum atomic E-state index is -0.243. The van der Waals surface area contributed by atoms with Crippen LogP contribution in [0.3, 0.4) is 0 Å². The minimum absolute atomic E-state index is 0.0901. The maximum Gasteiger partial charge on any atom is 0.269 e. The normalized spacial score (nSPS) is 19.3. The van der Waals surface area contributed by atoms with Crippen molar-refractivity contribution < 1.29 is 14.3 Å². The molecule has 1 aliphatic rings. The van der Waals surface area contributed by atoms with Gasteiger partial charge >= 0.3 is 0 Å². The second-order valence-corrected chi connectivity index (χ2v) is 3.85. The fraction of sp³-hybridized carbons (Fsp3) is 0.455. The predicted molar refractivity (Wildman–Crippen MR) is 64.9 cm³/mol. The molecule has 0 aliphatic carbocycles. The molecule has 1 amide bonds. The molecule has 0 bridgehead atoms. The summed E-state index contributed by atoms with van der Waals surface area (Å²) < 4.78 is 10.7. The quantitative estimate of drug-likeness (QED) is 0.494. The summed E-state index contributed by atoms with van der Waals surface area (Å²) in [6.45, 7) is 2.09. The lowest BCUT2D eigenvalue weighted by Crippen LogP contribution is -2.39. The van der Waals surface area contributed by atoms with Gasteiger partial charge in [0.1, 0.15) is 5.69 Å². The van der Waals surface area contributed by atoms with Crippen molar-refractivity contribution in [1.29, 1.82) is 0 Å². The van der Waals surface area contributed by atoms with Crippen molar-refractivity contribution in [2.75, 3.05) is 31.8 Å². The van der Waals surface area contributed by atoms with E-state index in [0.717, 1.165) is 0 Å². The second kappa shape index (κ2) is 6.29. The molecule has 2 rings (SSSR count). The number of rotatable bonds is 4. The summed E-state index contributed by atoms with van der Waals surface area (Å²) in [6.07, 6.45) is 1.41. The molecule has 0 radical (unpaired) electrons. The van der Waals surface area contributed by atoms with Crippen LogP contribution in [0, 0.1) is 0 Å². The number of nitrogens with zero attached hydrogens (tertiary/aromatic N) is 1. The van der Waals surface area contributed by atoms with Gasteiger partial charge in [0.15, 0.2) is 0 Å². The zero-order valence-corrected chi connectivity index (χ0v) is 9.89. The number of pyridine rings is 1. The first-order chi connectivity index (χ1) is 8.79. The van der Waals surface area contributed by atoms with Crippen molar-refractivity contribution in [2.45, 2.75) is 6.10 Å². The van der Waals surface area contributed by atoms with Crippen LogP contribution in [0.25, 0.3) is 0 Å². The number of hydrogen-bond donors (Lipinski definition) is 3. The summed E-state index contributed by atoms with van der Waals surface area (Å²) in [5.41, 5.74) is 3.43. The van der Waals surface area contributed by atoms with Crippen molar-refractivity contribution in [3.63, 3.8) is 0 Å². The van der Waals surface area contributed by atoms with Gasteiger partial charge in [-0.05, 0) is 12.1 Å². The van der Waals surface area contributed by atoms with Gasteiger partial charge in [-0.15, -0.1) is 0 Å². The third-order valence-corrected chi connectivity index (χ3v) is 2.54. The molecule has 1 aromatic rings.